The van der Waals surface area contributed by atoms with Crippen molar-refractivity contribution in [3.8, 4) is 0 Å². The third-order valence-corrected chi connectivity index (χ3v) is 1.83. The molecule has 0 aliphatic heterocycles. The Hall–Kier alpha value is -0.770. The minimum atomic E-state index is -0.00292. The molecule has 0 aromatic carbocycles. The van der Waals surface area contributed by atoms with E-state index in [1.165, 1.54) is 0 Å². The number of likely N-dealkylation sites (N-methyl/N-ethyl adjacent to an activating group) is 1. The van der Waals surface area contributed by atoms with Crippen LogP contribution < -0.4 is 5.32 Å². The van der Waals surface area contributed by atoms with Crippen LogP contribution in [-0.4, -0.2) is 56.1 Å². The number of urea groups is 1. The number of rotatable bonds is 4. The van der Waals surface area contributed by atoms with Crippen molar-refractivity contribution in [2.75, 3.05) is 34.2 Å². The van der Waals surface area contributed by atoms with Crippen molar-refractivity contribution in [1.29, 1.82) is 0 Å². The first-order chi connectivity index (χ1) is 5.97. The van der Waals surface area contributed by atoms with E-state index in [2.05, 4.69) is 10.2 Å². The van der Waals surface area contributed by atoms with Crippen molar-refractivity contribution in [2.45, 2.75) is 19.9 Å². The highest BCUT2D eigenvalue weighted by Crippen LogP contribution is 1.88. The zero-order valence-corrected chi connectivity index (χ0v) is 9.29. The lowest BCUT2D eigenvalue weighted by Crippen LogP contribution is -2.45. The van der Waals surface area contributed by atoms with Gasteiger partial charge in [-0.2, -0.15) is 0 Å². The highest BCUT2D eigenvalue weighted by atomic mass is 16.2. The maximum Gasteiger partial charge on any atom is 0.317 e. The maximum atomic E-state index is 11.4. The molecule has 4 heteroatoms. The molecule has 0 heterocycles. The first kappa shape index (κ1) is 12.2. The monoisotopic (exact) mass is 187 g/mol. The van der Waals surface area contributed by atoms with Gasteiger partial charge in [-0.25, -0.2) is 4.79 Å². The largest absolute Gasteiger partial charge is 0.334 e. The number of nitrogens with zero attached hydrogens (tertiary/aromatic N) is 2. The van der Waals surface area contributed by atoms with Gasteiger partial charge in [-0.1, -0.05) is 0 Å². The molecule has 0 bridgehead atoms. The molecule has 0 aromatic heterocycles. The van der Waals surface area contributed by atoms with Crippen LogP contribution in [0.15, 0.2) is 0 Å². The second kappa shape index (κ2) is 5.80. The number of hydrogen-bond acceptors (Lipinski definition) is 2. The van der Waals surface area contributed by atoms with Crippen LogP contribution in [0, 0.1) is 0 Å². The molecule has 0 rings (SSSR count). The van der Waals surface area contributed by atoms with Gasteiger partial charge in [-0.05, 0) is 27.9 Å². The Kier molecular flexibility index (Phi) is 5.46. The van der Waals surface area contributed by atoms with E-state index in [1.807, 2.05) is 27.9 Å². The van der Waals surface area contributed by atoms with E-state index in [0.29, 0.717) is 0 Å². The van der Waals surface area contributed by atoms with Gasteiger partial charge >= 0.3 is 6.03 Å². The van der Waals surface area contributed by atoms with Crippen LogP contribution in [0.2, 0.25) is 0 Å². The van der Waals surface area contributed by atoms with Crippen molar-refractivity contribution < 1.29 is 4.79 Å². The molecule has 78 valence electrons. The highest BCUT2D eigenvalue weighted by Gasteiger charge is 2.10. The fourth-order valence-electron chi connectivity index (χ4n) is 1.06. The molecule has 1 N–H and O–H groups in total. The minimum Gasteiger partial charge on any atom is -0.334 e. The van der Waals surface area contributed by atoms with E-state index in [4.69, 9.17) is 0 Å². The smallest absolute Gasteiger partial charge is 0.317 e. The summed E-state index contributed by atoms with van der Waals surface area (Å²) in [6.45, 7) is 5.56. The second-order valence-electron chi connectivity index (χ2n) is 3.63. The molecular formula is C9H21N3O. The van der Waals surface area contributed by atoms with Crippen molar-refractivity contribution in [3.05, 3.63) is 0 Å². The zero-order valence-electron chi connectivity index (χ0n) is 9.29. The van der Waals surface area contributed by atoms with Crippen LogP contribution in [-0.2, 0) is 0 Å². The van der Waals surface area contributed by atoms with Crippen LogP contribution in [0.4, 0.5) is 4.79 Å². The predicted octanol–water partition coefficient (Wildman–Crippen LogP) is 0.598. The summed E-state index contributed by atoms with van der Waals surface area (Å²) >= 11 is 0. The van der Waals surface area contributed by atoms with Crippen molar-refractivity contribution in [3.63, 3.8) is 0 Å². The summed E-state index contributed by atoms with van der Waals surface area (Å²) in [6.07, 6.45) is 0. The zero-order chi connectivity index (χ0) is 10.4. The lowest BCUT2D eigenvalue weighted by molar-refractivity contribution is 0.204. The Labute approximate surface area is 80.9 Å². The molecular weight excluding hydrogens is 166 g/mol. The topological polar surface area (TPSA) is 35.6 Å². The van der Waals surface area contributed by atoms with Gasteiger partial charge in [-0.3, -0.25) is 0 Å². The normalized spacial score (nSPS) is 12.8. The lowest BCUT2D eigenvalue weighted by atomic mass is 10.3. The maximum absolute atomic E-state index is 11.4. The fourth-order valence-corrected chi connectivity index (χ4v) is 1.06. The summed E-state index contributed by atoms with van der Waals surface area (Å²) < 4.78 is 0. The number of nitrogens with one attached hydrogen (secondary N) is 1. The predicted molar refractivity (Wildman–Crippen MR) is 54.9 cm³/mol. The molecule has 1 atom stereocenters. The molecule has 0 saturated heterocycles. The third-order valence-electron chi connectivity index (χ3n) is 1.83. The Bertz CT molecular complexity index is 159. The van der Waals surface area contributed by atoms with Crippen LogP contribution in [0.3, 0.4) is 0 Å². The summed E-state index contributed by atoms with van der Waals surface area (Å²) in [5.74, 6) is 0. The Morgan fingerprint density at radius 1 is 1.38 bits per heavy atom. The van der Waals surface area contributed by atoms with Gasteiger partial charge < -0.3 is 15.1 Å². The first-order valence-electron chi connectivity index (χ1n) is 4.63. The molecule has 0 aliphatic carbocycles. The molecule has 13 heavy (non-hydrogen) atoms. The van der Waals surface area contributed by atoms with Gasteiger partial charge in [-0.15, -0.1) is 0 Å². The van der Waals surface area contributed by atoms with Gasteiger partial charge in [0.1, 0.15) is 0 Å². The van der Waals surface area contributed by atoms with Gasteiger partial charge in [0.05, 0.1) is 0 Å². The van der Waals surface area contributed by atoms with Gasteiger partial charge in [0.2, 0.25) is 0 Å². The number of amides is 2. The Morgan fingerprint density at radius 2 is 1.92 bits per heavy atom. The lowest BCUT2D eigenvalue weighted by Gasteiger charge is -2.22. The summed E-state index contributed by atoms with van der Waals surface area (Å²) in [6, 6.07) is 0.188. The average molecular weight is 187 g/mol. The van der Waals surface area contributed by atoms with E-state index >= 15 is 0 Å². The van der Waals surface area contributed by atoms with Gasteiger partial charge in [0.25, 0.3) is 0 Å². The van der Waals surface area contributed by atoms with Gasteiger partial charge in [0, 0.05) is 26.2 Å². The standard InChI is InChI=1S/C9H21N3O/c1-6-12(5)9(13)10-8(2)7-11(3)4/h8H,6-7H2,1-5H3,(H,10,13). The molecule has 0 fully saturated rings. The van der Waals surface area contributed by atoms with E-state index in [0.717, 1.165) is 13.1 Å². The molecule has 2 amide bonds. The Morgan fingerprint density at radius 3 is 2.31 bits per heavy atom. The van der Waals surface area contributed by atoms with E-state index in [9.17, 15) is 4.79 Å². The van der Waals surface area contributed by atoms with Crippen LogP contribution >= 0.6 is 0 Å². The number of hydrogen-bond donors (Lipinski definition) is 1. The van der Waals surface area contributed by atoms with Crippen molar-refractivity contribution >= 4 is 6.03 Å². The quantitative estimate of drug-likeness (QED) is 0.699. The molecule has 0 radical (unpaired) electrons. The number of carbonyl (C=O) groups is 1. The van der Waals surface area contributed by atoms with Crippen molar-refractivity contribution in [1.82, 2.24) is 15.1 Å². The molecule has 0 aliphatic rings. The van der Waals surface area contributed by atoms with E-state index in [1.54, 1.807) is 11.9 Å². The molecule has 4 nitrogen and oxygen atoms in total. The summed E-state index contributed by atoms with van der Waals surface area (Å²) in [7, 11) is 5.77. The average Bonchev–Trinajstić information content (AvgIpc) is 2.01. The molecule has 0 aromatic rings. The summed E-state index contributed by atoms with van der Waals surface area (Å²) in [5, 5.41) is 2.91. The molecule has 0 saturated carbocycles. The molecule has 1 unspecified atom stereocenters. The van der Waals surface area contributed by atoms with Crippen LogP contribution in [0.25, 0.3) is 0 Å². The van der Waals surface area contributed by atoms with Crippen molar-refractivity contribution in [2.24, 2.45) is 0 Å². The molecule has 0 spiro atoms. The first-order valence-corrected chi connectivity index (χ1v) is 4.63. The van der Waals surface area contributed by atoms with E-state index in [-0.39, 0.29) is 12.1 Å². The third kappa shape index (κ3) is 5.47. The van der Waals surface area contributed by atoms with Crippen LogP contribution in [0.1, 0.15) is 13.8 Å². The fraction of sp³-hybridized carbons (Fsp3) is 0.889. The second-order valence-corrected chi connectivity index (χ2v) is 3.63. The highest BCUT2D eigenvalue weighted by molar-refractivity contribution is 5.74. The SMILES string of the molecule is CCN(C)C(=O)NC(C)CN(C)C. The number of carbonyl (C=O) groups excluding carboxylic acids is 1. The van der Waals surface area contributed by atoms with Crippen LogP contribution in [0.5, 0.6) is 0 Å². The summed E-state index contributed by atoms with van der Waals surface area (Å²) in [4.78, 5) is 15.1. The minimum absolute atomic E-state index is 0.00292. The Balaban J connectivity index is 3.77. The van der Waals surface area contributed by atoms with E-state index < -0.39 is 0 Å². The summed E-state index contributed by atoms with van der Waals surface area (Å²) in [5.41, 5.74) is 0. The van der Waals surface area contributed by atoms with Gasteiger partial charge in [0.15, 0.2) is 0 Å².